The van der Waals surface area contributed by atoms with E-state index >= 15 is 0 Å². The summed E-state index contributed by atoms with van der Waals surface area (Å²) in [7, 11) is 0. The summed E-state index contributed by atoms with van der Waals surface area (Å²) in [6, 6.07) is 3.96. The van der Waals surface area contributed by atoms with Gasteiger partial charge in [-0.15, -0.1) is 0 Å². The summed E-state index contributed by atoms with van der Waals surface area (Å²) in [6.07, 6.45) is 3.29. The summed E-state index contributed by atoms with van der Waals surface area (Å²) in [5.74, 6) is 2.00. The standard InChI is InChI=1S/C15H25N3O2/c1-10(2)9-20-15-12(16)6-7-14(18-15)17-13-5-3-4-11(13)8-19/h6-7,10-11,13,19H,3-5,8-9,16H2,1-2H3,(H,17,18). The Balaban J connectivity index is 2.03. The molecule has 1 fully saturated rings. The van der Waals surface area contributed by atoms with E-state index in [-0.39, 0.29) is 12.6 Å². The zero-order valence-corrected chi connectivity index (χ0v) is 12.3. The fourth-order valence-electron chi connectivity index (χ4n) is 2.53. The van der Waals surface area contributed by atoms with Gasteiger partial charge < -0.3 is 20.9 Å². The number of nitrogen functional groups attached to an aromatic ring is 1. The molecule has 0 amide bonds. The quantitative estimate of drug-likeness (QED) is 0.744. The number of nitrogens with zero attached hydrogens (tertiary/aromatic N) is 1. The molecule has 1 aliphatic carbocycles. The van der Waals surface area contributed by atoms with Crippen molar-refractivity contribution in [1.82, 2.24) is 4.98 Å². The molecule has 1 saturated carbocycles. The van der Waals surface area contributed by atoms with Crippen LogP contribution >= 0.6 is 0 Å². The Morgan fingerprint density at radius 1 is 1.45 bits per heavy atom. The number of nitrogens with two attached hydrogens (primary N) is 1. The van der Waals surface area contributed by atoms with Crippen molar-refractivity contribution in [2.75, 3.05) is 24.3 Å². The molecule has 0 spiro atoms. The van der Waals surface area contributed by atoms with Gasteiger partial charge in [-0.1, -0.05) is 20.3 Å². The van der Waals surface area contributed by atoms with Crippen molar-refractivity contribution in [3.8, 4) is 5.88 Å². The zero-order chi connectivity index (χ0) is 14.5. The number of hydrogen-bond acceptors (Lipinski definition) is 5. The van der Waals surface area contributed by atoms with Crippen LogP contribution in [0.15, 0.2) is 12.1 Å². The van der Waals surface area contributed by atoms with Gasteiger partial charge in [0.15, 0.2) is 0 Å². The van der Waals surface area contributed by atoms with Crippen molar-refractivity contribution in [1.29, 1.82) is 0 Å². The Hall–Kier alpha value is -1.49. The zero-order valence-electron chi connectivity index (χ0n) is 12.3. The molecule has 0 aromatic carbocycles. The lowest BCUT2D eigenvalue weighted by atomic mass is 10.1. The summed E-state index contributed by atoms with van der Waals surface area (Å²) in [5, 5.41) is 12.7. The fraction of sp³-hybridized carbons (Fsp3) is 0.667. The van der Waals surface area contributed by atoms with Crippen LogP contribution in [0, 0.1) is 11.8 Å². The van der Waals surface area contributed by atoms with E-state index in [1.807, 2.05) is 12.1 Å². The van der Waals surface area contributed by atoms with Gasteiger partial charge in [-0.25, -0.2) is 0 Å². The van der Waals surface area contributed by atoms with Crippen molar-refractivity contribution in [2.24, 2.45) is 11.8 Å². The Morgan fingerprint density at radius 2 is 2.25 bits per heavy atom. The second-order valence-corrected chi connectivity index (χ2v) is 5.92. The molecule has 0 radical (unpaired) electrons. The number of hydrogen-bond donors (Lipinski definition) is 3. The molecule has 4 N–H and O–H groups in total. The maximum absolute atomic E-state index is 9.35. The Bertz CT molecular complexity index is 437. The number of rotatable bonds is 6. The molecule has 1 heterocycles. The van der Waals surface area contributed by atoms with Crippen LogP contribution in [0.2, 0.25) is 0 Å². The van der Waals surface area contributed by atoms with E-state index < -0.39 is 0 Å². The topological polar surface area (TPSA) is 80.4 Å². The monoisotopic (exact) mass is 279 g/mol. The molecule has 1 aliphatic rings. The van der Waals surface area contributed by atoms with Crippen LogP contribution in [-0.4, -0.2) is 29.3 Å². The molecular weight excluding hydrogens is 254 g/mol. The molecule has 1 aromatic rings. The van der Waals surface area contributed by atoms with Crippen LogP contribution in [-0.2, 0) is 0 Å². The largest absolute Gasteiger partial charge is 0.476 e. The number of aromatic nitrogens is 1. The van der Waals surface area contributed by atoms with Gasteiger partial charge in [0.05, 0.1) is 12.3 Å². The third-order valence-corrected chi connectivity index (χ3v) is 3.67. The van der Waals surface area contributed by atoms with Crippen molar-refractivity contribution >= 4 is 11.5 Å². The second kappa shape index (κ2) is 6.79. The maximum atomic E-state index is 9.35. The highest BCUT2D eigenvalue weighted by Crippen LogP contribution is 2.29. The first-order valence-electron chi connectivity index (χ1n) is 7.37. The first kappa shape index (κ1) is 14.9. The Kier molecular flexibility index (Phi) is 5.06. The first-order valence-corrected chi connectivity index (χ1v) is 7.37. The molecule has 20 heavy (non-hydrogen) atoms. The number of anilines is 2. The number of pyridine rings is 1. The van der Waals surface area contributed by atoms with Crippen LogP contribution in [0.1, 0.15) is 33.1 Å². The second-order valence-electron chi connectivity index (χ2n) is 5.92. The van der Waals surface area contributed by atoms with Crippen LogP contribution in [0.4, 0.5) is 11.5 Å². The van der Waals surface area contributed by atoms with Gasteiger partial charge in [0.25, 0.3) is 0 Å². The fourth-order valence-corrected chi connectivity index (χ4v) is 2.53. The third-order valence-electron chi connectivity index (χ3n) is 3.67. The Labute approximate surface area is 120 Å². The molecule has 0 bridgehead atoms. The van der Waals surface area contributed by atoms with Crippen molar-refractivity contribution < 1.29 is 9.84 Å². The minimum Gasteiger partial charge on any atom is -0.476 e. The van der Waals surface area contributed by atoms with E-state index in [1.165, 1.54) is 0 Å². The highest BCUT2D eigenvalue weighted by Gasteiger charge is 2.26. The summed E-state index contributed by atoms with van der Waals surface area (Å²) in [4.78, 5) is 4.44. The van der Waals surface area contributed by atoms with E-state index in [2.05, 4.69) is 24.1 Å². The lowest BCUT2D eigenvalue weighted by Gasteiger charge is -2.20. The lowest BCUT2D eigenvalue weighted by molar-refractivity contribution is 0.222. The predicted octanol–water partition coefficient (Wildman–Crippen LogP) is 2.27. The molecular formula is C15H25N3O2. The molecule has 2 atom stereocenters. The summed E-state index contributed by atoms with van der Waals surface area (Å²) < 4.78 is 5.63. The van der Waals surface area contributed by atoms with E-state index in [0.29, 0.717) is 30.0 Å². The molecule has 112 valence electrons. The SMILES string of the molecule is CC(C)COc1nc(NC2CCCC2CO)ccc1N. The lowest BCUT2D eigenvalue weighted by Crippen LogP contribution is -2.26. The average Bonchev–Trinajstić information content (AvgIpc) is 2.86. The van der Waals surface area contributed by atoms with Gasteiger partial charge in [-0.05, 0) is 30.9 Å². The van der Waals surface area contributed by atoms with Crippen molar-refractivity contribution in [2.45, 2.75) is 39.2 Å². The average molecular weight is 279 g/mol. The van der Waals surface area contributed by atoms with E-state index in [4.69, 9.17) is 10.5 Å². The van der Waals surface area contributed by atoms with Gasteiger partial charge in [-0.3, -0.25) is 0 Å². The van der Waals surface area contributed by atoms with Gasteiger partial charge >= 0.3 is 0 Å². The van der Waals surface area contributed by atoms with E-state index in [9.17, 15) is 5.11 Å². The molecule has 2 unspecified atom stereocenters. The minimum absolute atomic E-state index is 0.226. The van der Waals surface area contributed by atoms with Crippen LogP contribution in [0.25, 0.3) is 0 Å². The highest BCUT2D eigenvalue weighted by atomic mass is 16.5. The van der Waals surface area contributed by atoms with Gasteiger partial charge in [0, 0.05) is 18.6 Å². The third kappa shape index (κ3) is 3.76. The number of nitrogens with one attached hydrogen (secondary N) is 1. The smallest absolute Gasteiger partial charge is 0.239 e. The number of aliphatic hydroxyl groups is 1. The van der Waals surface area contributed by atoms with Crippen LogP contribution in [0.3, 0.4) is 0 Å². The van der Waals surface area contributed by atoms with Gasteiger partial charge in [0.2, 0.25) is 5.88 Å². The highest BCUT2D eigenvalue weighted by molar-refractivity contribution is 5.54. The minimum atomic E-state index is 0.226. The van der Waals surface area contributed by atoms with Crippen molar-refractivity contribution in [3.63, 3.8) is 0 Å². The van der Waals surface area contributed by atoms with E-state index in [0.717, 1.165) is 25.1 Å². The molecule has 5 nitrogen and oxygen atoms in total. The van der Waals surface area contributed by atoms with Gasteiger partial charge in [-0.2, -0.15) is 4.98 Å². The Morgan fingerprint density at radius 3 is 2.95 bits per heavy atom. The summed E-state index contributed by atoms with van der Waals surface area (Å²) in [6.45, 7) is 5.00. The molecule has 5 heteroatoms. The number of aliphatic hydroxyl groups excluding tert-OH is 1. The normalized spacial score (nSPS) is 22.2. The molecule has 1 aromatic heterocycles. The van der Waals surface area contributed by atoms with E-state index in [1.54, 1.807) is 0 Å². The summed E-state index contributed by atoms with van der Waals surface area (Å²) >= 11 is 0. The predicted molar refractivity (Wildman–Crippen MR) is 80.8 cm³/mol. The van der Waals surface area contributed by atoms with Crippen LogP contribution in [0.5, 0.6) is 5.88 Å². The molecule has 0 aliphatic heterocycles. The van der Waals surface area contributed by atoms with Gasteiger partial charge in [0.1, 0.15) is 5.82 Å². The molecule has 0 saturated heterocycles. The van der Waals surface area contributed by atoms with Crippen LogP contribution < -0.4 is 15.8 Å². The van der Waals surface area contributed by atoms with Crippen molar-refractivity contribution in [3.05, 3.63) is 12.1 Å². The first-order chi connectivity index (χ1) is 9.60. The molecule has 2 rings (SSSR count). The maximum Gasteiger partial charge on any atom is 0.239 e. The number of ether oxygens (including phenoxy) is 1. The summed E-state index contributed by atoms with van der Waals surface area (Å²) in [5.41, 5.74) is 6.44.